The van der Waals surface area contributed by atoms with Crippen LogP contribution < -0.4 is 4.90 Å². The van der Waals surface area contributed by atoms with Gasteiger partial charge in [0.1, 0.15) is 11.5 Å². The van der Waals surface area contributed by atoms with Crippen molar-refractivity contribution < 1.29 is 8.78 Å². The maximum atomic E-state index is 13.1. The van der Waals surface area contributed by atoms with E-state index in [0.717, 1.165) is 43.9 Å². The molecule has 5 heterocycles. The number of hydrogen-bond donors (Lipinski definition) is 0. The van der Waals surface area contributed by atoms with Gasteiger partial charge in [-0.05, 0) is 42.7 Å². The summed E-state index contributed by atoms with van der Waals surface area (Å²) in [6.07, 6.45) is 7.22. The topological polar surface area (TPSA) is 58.7 Å². The fourth-order valence-corrected chi connectivity index (χ4v) is 4.05. The van der Waals surface area contributed by atoms with Gasteiger partial charge in [-0.25, -0.2) is 23.3 Å². The summed E-state index contributed by atoms with van der Waals surface area (Å²) in [5.74, 6) is 1.34. The number of alkyl halides is 2. The van der Waals surface area contributed by atoms with Crippen molar-refractivity contribution in [2.45, 2.75) is 19.3 Å². The predicted molar refractivity (Wildman–Crippen MR) is 108 cm³/mol. The minimum atomic E-state index is -2.62. The molecule has 0 aromatic carbocycles. The van der Waals surface area contributed by atoms with E-state index in [-0.39, 0.29) is 5.69 Å². The summed E-state index contributed by atoms with van der Waals surface area (Å²) in [7, 11) is 0. The molecule has 2 aliphatic rings. The zero-order chi connectivity index (χ0) is 19.8. The van der Waals surface area contributed by atoms with Gasteiger partial charge < -0.3 is 4.90 Å². The summed E-state index contributed by atoms with van der Waals surface area (Å²) < 4.78 is 27.6. The molecule has 0 spiro atoms. The van der Waals surface area contributed by atoms with Crippen LogP contribution in [0.1, 0.15) is 25.0 Å². The second-order valence-electron chi connectivity index (χ2n) is 7.36. The molecule has 6 nitrogen and oxygen atoms in total. The number of aliphatic imine (C=N–C) groups is 1. The normalized spacial score (nSPS) is 19.3. The number of nitrogens with zero attached hydrogens (tertiary/aromatic N) is 6. The average Bonchev–Trinajstić information content (AvgIpc) is 3.43. The fraction of sp³-hybridized carbons (Fsp3) is 0.333. The zero-order valence-corrected chi connectivity index (χ0v) is 15.7. The number of piperidine rings is 1. The van der Waals surface area contributed by atoms with Crippen molar-refractivity contribution in [2.24, 2.45) is 10.9 Å². The standard InChI is InChI=1S/C21H20F2N6/c22-21(23)17-3-4-19-26-12-18(29(19)27-17)14-6-8-25-20(10-14)28-9-1-2-16(13-28)15-5-7-24-11-15/h3-6,8,10-12,16,21H,1-2,7,9,13H2. The molecule has 0 bridgehead atoms. The van der Waals surface area contributed by atoms with Crippen molar-refractivity contribution in [3.05, 3.63) is 54.0 Å². The Morgan fingerprint density at radius 3 is 2.90 bits per heavy atom. The smallest absolute Gasteiger partial charge is 0.282 e. The molecule has 1 fully saturated rings. The van der Waals surface area contributed by atoms with Gasteiger partial charge in [0.2, 0.25) is 0 Å². The van der Waals surface area contributed by atoms with Crippen LogP contribution in [0, 0.1) is 5.92 Å². The summed E-state index contributed by atoms with van der Waals surface area (Å²) in [6.45, 7) is 2.62. The van der Waals surface area contributed by atoms with Gasteiger partial charge in [0.15, 0.2) is 5.65 Å². The van der Waals surface area contributed by atoms with Gasteiger partial charge in [-0.3, -0.25) is 4.99 Å². The van der Waals surface area contributed by atoms with Crippen LogP contribution in [0.15, 0.2) is 53.3 Å². The third-order valence-corrected chi connectivity index (χ3v) is 5.54. The molecule has 0 saturated carbocycles. The van der Waals surface area contributed by atoms with Crippen molar-refractivity contribution >= 4 is 17.7 Å². The maximum absolute atomic E-state index is 13.1. The van der Waals surface area contributed by atoms with Crippen LogP contribution in [0.5, 0.6) is 0 Å². The molecule has 0 amide bonds. The SMILES string of the molecule is FC(F)c1ccc2ncc(-c3ccnc(N4CCCC(C5=CCN=C5)C4)c3)n2n1. The zero-order valence-electron chi connectivity index (χ0n) is 15.7. The third kappa shape index (κ3) is 3.39. The molecule has 0 radical (unpaired) electrons. The van der Waals surface area contributed by atoms with Crippen molar-refractivity contribution in [1.29, 1.82) is 0 Å². The molecule has 29 heavy (non-hydrogen) atoms. The van der Waals surface area contributed by atoms with Gasteiger partial charge in [0.25, 0.3) is 6.43 Å². The molecule has 5 rings (SSSR count). The van der Waals surface area contributed by atoms with Crippen molar-refractivity contribution in [1.82, 2.24) is 19.6 Å². The van der Waals surface area contributed by atoms with Crippen LogP contribution in [0.4, 0.5) is 14.6 Å². The number of aromatic nitrogens is 4. The third-order valence-electron chi connectivity index (χ3n) is 5.54. The number of halogens is 2. The van der Waals surface area contributed by atoms with E-state index >= 15 is 0 Å². The van der Waals surface area contributed by atoms with Gasteiger partial charge in [-0.1, -0.05) is 6.08 Å². The van der Waals surface area contributed by atoms with Crippen molar-refractivity contribution in [2.75, 3.05) is 24.5 Å². The molecule has 0 N–H and O–H groups in total. The second-order valence-corrected chi connectivity index (χ2v) is 7.36. The van der Waals surface area contributed by atoms with Crippen molar-refractivity contribution in [3.8, 4) is 11.3 Å². The number of fused-ring (bicyclic) bond motifs is 1. The lowest BCUT2D eigenvalue weighted by molar-refractivity contribution is 0.144. The molecule has 3 aromatic heterocycles. The van der Waals surface area contributed by atoms with Crippen LogP contribution in [0.3, 0.4) is 0 Å². The Morgan fingerprint density at radius 1 is 1.14 bits per heavy atom. The largest absolute Gasteiger partial charge is 0.356 e. The lowest BCUT2D eigenvalue weighted by Gasteiger charge is -2.34. The summed E-state index contributed by atoms with van der Waals surface area (Å²) in [5.41, 5.74) is 3.11. The number of imidazole rings is 1. The second kappa shape index (κ2) is 7.35. The first kappa shape index (κ1) is 17.9. The molecule has 2 aliphatic heterocycles. The highest BCUT2D eigenvalue weighted by Crippen LogP contribution is 2.30. The van der Waals surface area contributed by atoms with Gasteiger partial charge in [-0.15, -0.1) is 0 Å². The van der Waals surface area contributed by atoms with E-state index in [1.54, 1.807) is 18.5 Å². The highest BCUT2D eigenvalue weighted by molar-refractivity contribution is 5.81. The first-order valence-corrected chi connectivity index (χ1v) is 9.73. The Balaban J connectivity index is 1.46. The quantitative estimate of drug-likeness (QED) is 0.672. The van der Waals surface area contributed by atoms with E-state index in [9.17, 15) is 8.78 Å². The molecule has 148 valence electrons. The lowest BCUT2D eigenvalue weighted by Crippen LogP contribution is -2.36. The number of anilines is 1. The van der Waals surface area contributed by atoms with E-state index in [0.29, 0.717) is 17.3 Å². The highest BCUT2D eigenvalue weighted by atomic mass is 19.3. The minimum Gasteiger partial charge on any atom is -0.356 e. The van der Waals surface area contributed by atoms with Crippen LogP contribution >= 0.6 is 0 Å². The van der Waals surface area contributed by atoms with Gasteiger partial charge in [-0.2, -0.15) is 5.10 Å². The number of hydrogen-bond acceptors (Lipinski definition) is 5. The Kier molecular flexibility index (Phi) is 4.54. The molecule has 0 aliphatic carbocycles. The molecular formula is C21H20F2N6. The highest BCUT2D eigenvalue weighted by Gasteiger charge is 2.24. The Morgan fingerprint density at radius 2 is 2.07 bits per heavy atom. The summed E-state index contributed by atoms with van der Waals surface area (Å²) in [4.78, 5) is 15.5. The molecule has 1 unspecified atom stereocenters. The summed E-state index contributed by atoms with van der Waals surface area (Å²) >= 11 is 0. The van der Waals surface area contributed by atoms with Crippen LogP contribution in [-0.4, -0.2) is 45.4 Å². The van der Waals surface area contributed by atoms with E-state index < -0.39 is 6.43 Å². The monoisotopic (exact) mass is 394 g/mol. The Bertz CT molecular complexity index is 1100. The maximum Gasteiger partial charge on any atom is 0.282 e. The van der Waals surface area contributed by atoms with Crippen molar-refractivity contribution in [3.63, 3.8) is 0 Å². The lowest BCUT2D eigenvalue weighted by atomic mass is 9.91. The van der Waals surface area contributed by atoms with E-state index in [1.165, 1.54) is 16.2 Å². The van der Waals surface area contributed by atoms with Crippen LogP contribution in [-0.2, 0) is 0 Å². The number of rotatable bonds is 4. The minimum absolute atomic E-state index is 0.267. The fourth-order valence-electron chi connectivity index (χ4n) is 4.05. The average molecular weight is 394 g/mol. The first-order chi connectivity index (χ1) is 14.2. The molecular weight excluding hydrogens is 374 g/mol. The van der Waals surface area contributed by atoms with E-state index in [4.69, 9.17) is 0 Å². The summed E-state index contributed by atoms with van der Waals surface area (Å²) in [6, 6.07) is 6.72. The molecule has 1 atom stereocenters. The van der Waals surface area contributed by atoms with Gasteiger partial charge in [0, 0.05) is 37.0 Å². The van der Waals surface area contributed by atoms with E-state index in [2.05, 4.69) is 31.0 Å². The predicted octanol–water partition coefficient (Wildman–Crippen LogP) is 3.96. The van der Waals surface area contributed by atoms with Gasteiger partial charge >= 0.3 is 0 Å². The summed E-state index contributed by atoms with van der Waals surface area (Å²) in [5, 5.41) is 4.07. The van der Waals surface area contributed by atoms with Gasteiger partial charge in [0.05, 0.1) is 18.4 Å². The van der Waals surface area contributed by atoms with Crippen LogP contribution in [0.25, 0.3) is 16.9 Å². The Hall–Kier alpha value is -3.16. The number of pyridine rings is 1. The molecule has 8 heteroatoms. The molecule has 3 aromatic rings. The first-order valence-electron chi connectivity index (χ1n) is 9.73. The van der Waals surface area contributed by atoms with Crippen LogP contribution in [0.2, 0.25) is 0 Å². The molecule has 1 saturated heterocycles. The van der Waals surface area contributed by atoms with E-state index in [1.807, 2.05) is 18.3 Å². The Labute approximate surface area is 166 Å².